The summed E-state index contributed by atoms with van der Waals surface area (Å²) in [7, 11) is 0. The van der Waals surface area contributed by atoms with E-state index in [-0.39, 0.29) is 0 Å². The molecule has 0 fully saturated rings. The van der Waals surface area contributed by atoms with E-state index >= 15 is 0 Å². The first-order valence-electron chi connectivity index (χ1n) is 4.41. The summed E-state index contributed by atoms with van der Waals surface area (Å²) >= 11 is 0. The second-order valence-electron chi connectivity index (χ2n) is 2.69. The lowest BCUT2D eigenvalue weighted by Crippen LogP contribution is -2.34. The second kappa shape index (κ2) is 6.18. The van der Waals surface area contributed by atoms with Gasteiger partial charge in [0.25, 0.3) is 0 Å². The quantitative estimate of drug-likeness (QED) is 0.566. The fourth-order valence-corrected chi connectivity index (χ4v) is 1.39. The van der Waals surface area contributed by atoms with Crippen LogP contribution < -0.4 is 0 Å². The van der Waals surface area contributed by atoms with E-state index < -0.39 is 0 Å². The molecule has 0 saturated carbocycles. The van der Waals surface area contributed by atoms with Crippen LogP contribution in [0.3, 0.4) is 0 Å². The Morgan fingerprint density at radius 1 is 1.27 bits per heavy atom. The number of hydrogen-bond donors (Lipinski definition) is 0. The Hall–Kier alpha value is -0.550. The molecular formula is C9H18N2. The molecule has 0 aliphatic heterocycles. The number of rotatable bonds is 5. The minimum absolute atomic E-state index is 0.572. The summed E-state index contributed by atoms with van der Waals surface area (Å²) < 4.78 is 0. The van der Waals surface area contributed by atoms with Gasteiger partial charge in [-0.2, -0.15) is 5.26 Å². The van der Waals surface area contributed by atoms with Crippen molar-refractivity contribution in [1.82, 2.24) is 4.90 Å². The van der Waals surface area contributed by atoms with Crippen LogP contribution >= 0.6 is 0 Å². The first-order chi connectivity index (χ1) is 5.29. The molecule has 0 aromatic heterocycles. The van der Waals surface area contributed by atoms with E-state index in [0.717, 1.165) is 19.4 Å². The molecule has 0 radical (unpaired) electrons. The Morgan fingerprint density at radius 2 is 1.82 bits per heavy atom. The first-order valence-corrected chi connectivity index (χ1v) is 4.41. The average molecular weight is 154 g/mol. The van der Waals surface area contributed by atoms with Gasteiger partial charge in [-0.3, -0.25) is 4.90 Å². The molecule has 0 rings (SSSR count). The van der Waals surface area contributed by atoms with Crippen molar-refractivity contribution in [3.05, 3.63) is 0 Å². The molecule has 64 valence electrons. The van der Waals surface area contributed by atoms with Gasteiger partial charge in [-0.15, -0.1) is 0 Å². The minimum atomic E-state index is 0.572. The van der Waals surface area contributed by atoms with Crippen LogP contribution in [0.5, 0.6) is 0 Å². The lowest BCUT2D eigenvalue weighted by Gasteiger charge is -2.26. The van der Waals surface area contributed by atoms with E-state index in [9.17, 15) is 0 Å². The van der Waals surface area contributed by atoms with Gasteiger partial charge in [0.05, 0.1) is 12.6 Å². The summed E-state index contributed by atoms with van der Waals surface area (Å²) in [4.78, 5) is 2.22. The molecule has 0 N–H and O–H groups in total. The van der Waals surface area contributed by atoms with Crippen molar-refractivity contribution in [2.75, 3.05) is 13.1 Å². The molecule has 0 aromatic carbocycles. The molecule has 0 bridgehead atoms. The van der Waals surface area contributed by atoms with E-state index in [0.29, 0.717) is 12.6 Å². The number of nitriles is 1. The van der Waals surface area contributed by atoms with Crippen LogP contribution in [0.25, 0.3) is 0 Å². The molecule has 0 heterocycles. The summed E-state index contributed by atoms with van der Waals surface area (Å²) in [5.74, 6) is 0. The third kappa shape index (κ3) is 3.38. The minimum Gasteiger partial charge on any atom is -0.288 e. The predicted octanol–water partition coefficient (Wildman–Crippen LogP) is 2.02. The normalized spacial score (nSPS) is 10.5. The molecule has 0 unspecified atom stereocenters. The Labute approximate surface area is 69.8 Å². The molecule has 11 heavy (non-hydrogen) atoms. The molecule has 0 atom stereocenters. The fraction of sp³-hybridized carbons (Fsp3) is 0.889. The van der Waals surface area contributed by atoms with Crippen molar-refractivity contribution in [2.24, 2.45) is 0 Å². The van der Waals surface area contributed by atoms with Crippen LogP contribution in [0, 0.1) is 11.3 Å². The van der Waals surface area contributed by atoms with Crippen molar-refractivity contribution in [2.45, 2.75) is 39.7 Å². The maximum absolute atomic E-state index is 8.52. The third-order valence-electron chi connectivity index (χ3n) is 2.14. The molecule has 0 amide bonds. The van der Waals surface area contributed by atoms with Crippen LogP contribution in [-0.2, 0) is 0 Å². The van der Waals surface area contributed by atoms with Crippen molar-refractivity contribution < 1.29 is 0 Å². The largest absolute Gasteiger partial charge is 0.288 e. The van der Waals surface area contributed by atoms with Crippen LogP contribution in [0.1, 0.15) is 33.6 Å². The average Bonchev–Trinajstić information content (AvgIpc) is 2.05. The molecular weight excluding hydrogens is 136 g/mol. The zero-order chi connectivity index (χ0) is 8.69. The summed E-state index contributed by atoms with van der Waals surface area (Å²) in [6.07, 6.45) is 2.29. The topological polar surface area (TPSA) is 27.0 Å². The maximum Gasteiger partial charge on any atom is 0.0868 e. The first kappa shape index (κ1) is 10.4. The number of hydrogen-bond acceptors (Lipinski definition) is 2. The Balaban J connectivity index is 3.89. The van der Waals surface area contributed by atoms with E-state index in [1.54, 1.807) is 0 Å². The van der Waals surface area contributed by atoms with Gasteiger partial charge in [-0.1, -0.05) is 20.8 Å². The predicted molar refractivity (Wildman–Crippen MR) is 47.2 cm³/mol. The van der Waals surface area contributed by atoms with Gasteiger partial charge in [0.1, 0.15) is 0 Å². The maximum atomic E-state index is 8.52. The Morgan fingerprint density at radius 3 is 2.09 bits per heavy atom. The van der Waals surface area contributed by atoms with E-state index in [4.69, 9.17) is 5.26 Å². The van der Waals surface area contributed by atoms with Crippen molar-refractivity contribution in [3.8, 4) is 6.07 Å². The second-order valence-corrected chi connectivity index (χ2v) is 2.69. The Kier molecular flexibility index (Phi) is 5.87. The molecule has 2 heteroatoms. The highest BCUT2D eigenvalue weighted by molar-refractivity contribution is 4.79. The van der Waals surface area contributed by atoms with E-state index in [1.807, 2.05) is 0 Å². The zero-order valence-electron chi connectivity index (χ0n) is 7.80. The van der Waals surface area contributed by atoms with Crippen LogP contribution in [-0.4, -0.2) is 24.0 Å². The van der Waals surface area contributed by atoms with Gasteiger partial charge in [-0.05, 0) is 19.4 Å². The fourth-order valence-electron chi connectivity index (χ4n) is 1.39. The van der Waals surface area contributed by atoms with Gasteiger partial charge in [0.2, 0.25) is 0 Å². The molecule has 0 aromatic rings. The summed E-state index contributed by atoms with van der Waals surface area (Å²) in [5.41, 5.74) is 0. The monoisotopic (exact) mass is 154 g/mol. The van der Waals surface area contributed by atoms with Crippen molar-refractivity contribution >= 4 is 0 Å². The van der Waals surface area contributed by atoms with E-state index in [2.05, 4.69) is 31.7 Å². The Bertz CT molecular complexity index is 122. The number of nitrogens with zero attached hydrogens (tertiary/aromatic N) is 2. The van der Waals surface area contributed by atoms with Gasteiger partial charge < -0.3 is 0 Å². The molecule has 0 aliphatic rings. The van der Waals surface area contributed by atoms with Crippen LogP contribution in [0.4, 0.5) is 0 Å². The molecule has 0 saturated heterocycles. The lowest BCUT2D eigenvalue weighted by atomic mass is 10.1. The smallest absolute Gasteiger partial charge is 0.0868 e. The summed E-state index contributed by atoms with van der Waals surface area (Å²) in [6.45, 7) is 8.01. The highest BCUT2D eigenvalue weighted by Crippen LogP contribution is 2.06. The summed E-state index contributed by atoms with van der Waals surface area (Å²) in [6, 6.07) is 2.79. The highest BCUT2D eigenvalue weighted by Gasteiger charge is 2.11. The van der Waals surface area contributed by atoms with Gasteiger partial charge in [0.15, 0.2) is 0 Å². The molecule has 2 nitrogen and oxygen atoms in total. The van der Waals surface area contributed by atoms with Gasteiger partial charge in [0, 0.05) is 6.04 Å². The zero-order valence-corrected chi connectivity index (χ0v) is 7.80. The molecule has 0 aliphatic carbocycles. The third-order valence-corrected chi connectivity index (χ3v) is 2.14. The van der Waals surface area contributed by atoms with Crippen molar-refractivity contribution in [1.29, 1.82) is 5.26 Å². The lowest BCUT2D eigenvalue weighted by molar-refractivity contribution is 0.219. The summed E-state index contributed by atoms with van der Waals surface area (Å²) in [5, 5.41) is 8.52. The SMILES string of the molecule is CCC(CC)N(CC)CC#N. The van der Waals surface area contributed by atoms with Crippen molar-refractivity contribution in [3.63, 3.8) is 0 Å². The van der Waals surface area contributed by atoms with E-state index in [1.165, 1.54) is 0 Å². The highest BCUT2D eigenvalue weighted by atomic mass is 15.1. The molecule has 0 spiro atoms. The van der Waals surface area contributed by atoms with Gasteiger partial charge in [-0.25, -0.2) is 0 Å². The van der Waals surface area contributed by atoms with Crippen LogP contribution in [0.15, 0.2) is 0 Å². The standard InChI is InChI=1S/C9H18N2/c1-4-9(5-2)11(6-3)8-7-10/h9H,4-6,8H2,1-3H3. The van der Waals surface area contributed by atoms with Crippen LogP contribution in [0.2, 0.25) is 0 Å². The van der Waals surface area contributed by atoms with Gasteiger partial charge >= 0.3 is 0 Å².